The number of hydrogen-bond acceptors (Lipinski definition) is 5. The van der Waals surface area contributed by atoms with Crippen molar-refractivity contribution in [3.8, 4) is 0 Å². The van der Waals surface area contributed by atoms with E-state index in [0.717, 1.165) is 78.1 Å². The molecule has 0 atom stereocenters. The lowest BCUT2D eigenvalue weighted by Crippen LogP contribution is -2.56. The van der Waals surface area contributed by atoms with Crippen LogP contribution < -0.4 is 10.6 Å². The molecule has 8 heteroatoms. The van der Waals surface area contributed by atoms with E-state index in [1.807, 2.05) is 7.05 Å². The molecule has 176 valence electrons. The molecule has 0 spiro atoms. The maximum Gasteiger partial charge on any atom is 0.191 e. The number of morpholine rings is 1. The van der Waals surface area contributed by atoms with Gasteiger partial charge in [0.25, 0.3) is 0 Å². The Bertz CT molecular complexity index is 667. The summed E-state index contributed by atoms with van der Waals surface area (Å²) in [7, 11) is 4.03. The zero-order chi connectivity index (χ0) is 21.4. The van der Waals surface area contributed by atoms with Gasteiger partial charge in [-0.25, -0.2) is 0 Å². The maximum absolute atomic E-state index is 5.48. The fraction of sp³-hybridized carbons (Fsp3) is 0.696. The van der Waals surface area contributed by atoms with E-state index in [0.29, 0.717) is 0 Å². The van der Waals surface area contributed by atoms with E-state index in [1.165, 1.54) is 11.1 Å². The molecule has 7 nitrogen and oxygen atoms in total. The van der Waals surface area contributed by atoms with Gasteiger partial charge < -0.3 is 20.3 Å². The highest BCUT2D eigenvalue weighted by atomic mass is 127. The van der Waals surface area contributed by atoms with Crippen LogP contribution in [0.3, 0.4) is 0 Å². The first-order chi connectivity index (χ1) is 14.5. The van der Waals surface area contributed by atoms with Gasteiger partial charge in [-0.2, -0.15) is 0 Å². The Morgan fingerprint density at radius 2 is 1.58 bits per heavy atom. The van der Waals surface area contributed by atoms with Crippen molar-refractivity contribution < 1.29 is 4.74 Å². The smallest absolute Gasteiger partial charge is 0.191 e. The summed E-state index contributed by atoms with van der Waals surface area (Å²) in [5.41, 5.74) is 2.72. The van der Waals surface area contributed by atoms with E-state index in [-0.39, 0.29) is 29.5 Å². The summed E-state index contributed by atoms with van der Waals surface area (Å²) in [6.45, 7) is 15.5. The van der Waals surface area contributed by atoms with Crippen LogP contribution in [-0.4, -0.2) is 99.3 Å². The third-order valence-corrected chi connectivity index (χ3v) is 6.26. The number of rotatable bonds is 7. The molecule has 3 rings (SSSR count). The molecule has 31 heavy (non-hydrogen) atoms. The fourth-order valence-electron chi connectivity index (χ4n) is 4.01. The lowest BCUT2D eigenvalue weighted by molar-refractivity contribution is -0.00834. The molecule has 2 saturated heterocycles. The molecule has 0 saturated carbocycles. The molecule has 2 aliphatic heterocycles. The van der Waals surface area contributed by atoms with Gasteiger partial charge in [-0.05, 0) is 32.0 Å². The molecule has 1 aromatic rings. The lowest BCUT2D eigenvalue weighted by Gasteiger charge is -2.41. The van der Waals surface area contributed by atoms with Crippen LogP contribution in [0, 0.1) is 0 Å². The first-order valence-electron chi connectivity index (χ1n) is 11.2. The summed E-state index contributed by atoms with van der Waals surface area (Å²) in [4.78, 5) is 11.8. The predicted octanol–water partition coefficient (Wildman–Crippen LogP) is 1.83. The van der Waals surface area contributed by atoms with Crippen molar-refractivity contribution in [2.75, 3.05) is 73.1 Å². The van der Waals surface area contributed by atoms with E-state index in [9.17, 15) is 0 Å². The van der Waals surface area contributed by atoms with Crippen LogP contribution in [0.1, 0.15) is 25.0 Å². The molecule has 1 aromatic carbocycles. The molecule has 2 heterocycles. The van der Waals surface area contributed by atoms with E-state index >= 15 is 0 Å². The second kappa shape index (κ2) is 12.9. The summed E-state index contributed by atoms with van der Waals surface area (Å²) in [5.74, 6) is 0.845. The van der Waals surface area contributed by atoms with E-state index < -0.39 is 0 Å². The molecule has 0 bridgehead atoms. The third-order valence-electron chi connectivity index (χ3n) is 6.26. The van der Waals surface area contributed by atoms with Gasteiger partial charge in [0, 0.05) is 71.5 Å². The Morgan fingerprint density at radius 1 is 0.968 bits per heavy atom. The van der Waals surface area contributed by atoms with Crippen molar-refractivity contribution in [2.24, 2.45) is 4.99 Å². The van der Waals surface area contributed by atoms with Crippen LogP contribution >= 0.6 is 24.0 Å². The number of likely N-dealkylation sites (N-methyl/N-ethyl adjacent to an activating group) is 1. The number of piperazine rings is 1. The zero-order valence-electron chi connectivity index (χ0n) is 19.7. The van der Waals surface area contributed by atoms with Gasteiger partial charge in [0.05, 0.1) is 13.2 Å². The minimum Gasteiger partial charge on any atom is -0.379 e. The first kappa shape index (κ1) is 26.3. The van der Waals surface area contributed by atoms with Crippen molar-refractivity contribution in [3.63, 3.8) is 0 Å². The summed E-state index contributed by atoms with van der Waals surface area (Å²) < 4.78 is 5.48. The molecular weight excluding hydrogens is 503 g/mol. The van der Waals surface area contributed by atoms with Crippen LogP contribution in [0.25, 0.3) is 0 Å². The van der Waals surface area contributed by atoms with E-state index in [4.69, 9.17) is 4.74 Å². The lowest BCUT2D eigenvalue weighted by atomic mass is 10.0. The van der Waals surface area contributed by atoms with E-state index in [2.05, 4.69) is 75.5 Å². The Morgan fingerprint density at radius 3 is 2.19 bits per heavy atom. The number of hydrogen-bond donors (Lipinski definition) is 2. The third kappa shape index (κ3) is 8.49. The number of nitrogens with zero attached hydrogens (tertiary/aromatic N) is 4. The minimum atomic E-state index is 0. The normalized spacial score (nSPS) is 19.7. The Labute approximate surface area is 205 Å². The molecule has 0 amide bonds. The van der Waals surface area contributed by atoms with Crippen molar-refractivity contribution >= 4 is 29.9 Å². The Kier molecular flexibility index (Phi) is 11.0. The summed E-state index contributed by atoms with van der Waals surface area (Å²) in [5, 5.41) is 6.94. The monoisotopic (exact) mass is 544 g/mol. The fourth-order valence-corrected chi connectivity index (χ4v) is 4.01. The number of benzene rings is 1. The van der Waals surface area contributed by atoms with Gasteiger partial charge in [-0.15, -0.1) is 24.0 Å². The van der Waals surface area contributed by atoms with Crippen LogP contribution in [0.2, 0.25) is 0 Å². The van der Waals surface area contributed by atoms with Crippen molar-refractivity contribution in [2.45, 2.75) is 32.5 Å². The van der Waals surface area contributed by atoms with Gasteiger partial charge >= 0.3 is 0 Å². The Balaban J connectivity index is 0.00000341. The second-order valence-corrected chi connectivity index (χ2v) is 9.09. The predicted molar refractivity (Wildman–Crippen MR) is 139 cm³/mol. The van der Waals surface area contributed by atoms with E-state index in [1.54, 1.807) is 0 Å². The SMILES string of the molecule is CN=C(NCc1ccc(CN2CCN(C)CC2)cc1)NCC(C)(C)N1CCOCC1.I. The van der Waals surface area contributed by atoms with Crippen molar-refractivity contribution in [1.82, 2.24) is 25.3 Å². The Hall–Kier alpha value is -0.940. The highest BCUT2D eigenvalue weighted by Gasteiger charge is 2.28. The quantitative estimate of drug-likeness (QED) is 0.311. The summed E-state index contributed by atoms with van der Waals surface area (Å²) in [6, 6.07) is 8.97. The topological polar surface area (TPSA) is 55.4 Å². The number of guanidine groups is 1. The largest absolute Gasteiger partial charge is 0.379 e. The minimum absolute atomic E-state index is 0. The average molecular weight is 545 g/mol. The van der Waals surface area contributed by atoms with Gasteiger partial charge in [0.15, 0.2) is 5.96 Å². The number of aliphatic imine (C=N–C) groups is 1. The van der Waals surface area contributed by atoms with Crippen molar-refractivity contribution in [3.05, 3.63) is 35.4 Å². The van der Waals surface area contributed by atoms with Crippen LogP contribution in [0.4, 0.5) is 0 Å². The molecule has 2 aliphatic rings. The molecular formula is C23H41IN6O. The van der Waals surface area contributed by atoms with Crippen LogP contribution in [0.15, 0.2) is 29.3 Å². The summed E-state index contributed by atoms with van der Waals surface area (Å²) >= 11 is 0. The second-order valence-electron chi connectivity index (χ2n) is 9.09. The number of ether oxygens (including phenoxy) is 1. The van der Waals surface area contributed by atoms with Gasteiger partial charge in [-0.3, -0.25) is 14.8 Å². The summed E-state index contributed by atoms with van der Waals surface area (Å²) in [6.07, 6.45) is 0. The number of nitrogens with one attached hydrogen (secondary N) is 2. The highest BCUT2D eigenvalue weighted by molar-refractivity contribution is 14.0. The molecule has 2 N–H and O–H groups in total. The average Bonchev–Trinajstić information content (AvgIpc) is 2.77. The molecule has 0 aliphatic carbocycles. The highest BCUT2D eigenvalue weighted by Crippen LogP contribution is 2.15. The standard InChI is InChI=1S/C23H40N6O.HI/c1-23(2,29-13-15-30-16-14-29)19-26-22(24-3)25-17-20-5-7-21(8-6-20)18-28-11-9-27(4)10-12-28;/h5-8H,9-19H2,1-4H3,(H2,24,25,26);1H. The molecule has 0 unspecified atom stereocenters. The molecule has 0 radical (unpaired) electrons. The molecule has 2 fully saturated rings. The molecule has 0 aromatic heterocycles. The van der Waals surface area contributed by atoms with Gasteiger partial charge in [0.2, 0.25) is 0 Å². The first-order valence-corrected chi connectivity index (χ1v) is 11.2. The van der Waals surface area contributed by atoms with Gasteiger partial charge in [0.1, 0.15) is 0 Å². The van der Waals surface area contributed by atoms with Crippen LogP contribution in [0.5, 0.6) is 0 Å². The maximum atomic E-state index is 5.48. The number of halogens is 1. The van der Waals surface area contributed by atoms with Gasteiger partial charge in [-0.1, -0.05) is 24.3 Å². The van der Waals surface area contributed by atoms with Crippen molar-refractivity contribution in [1.29, 1.82) is 0 Å². The van der Waals surface area contributed by atoms with Crippen LogP contribution in [-0.2, 0) is 17.8 Å². The zero-order valence-corrected chi connectivity index (χ0v) is 22.0.